The average Bonchev–Trinajstić information content (AvgIpc) is 2.67. The van der Waals surface area contributed by atoms with Crippen LogP contribution in [0.25, 0.3) is 0 Å². The third-order valence-corrected chi connectivity index (χ3v) is 5.80. The first-order valence-electron chi connectivity index (χ1n) is 8.26. The summed E-state index contributed by atoms with van der Waals surface area (Å²) in [6, 6.07) is 13.3. The second-order valence-electron chi connectivity index (χ2n) is 5.49. The number of rotatable bonds is 8. The zero-order valence-corrected chi connectivity index (χ0v) is 15.9. The van der Waals surface area contributed by atoms with Gasteiger partial charge in [-0.25, -0.2) is 8.42 Å². The van der Waals surface area contributed by atoms with Gasteiger partial charge in [-0.2, -0.15) is 9.57 Å². The first-order valence-corrected chi connectivity index (χ1v) is 9.70. The number of sulfonamides is 1. The van der Waals surface area contributed by atoms with E-state index < -0.39 is 10.0 Å². The van der Waals surface area contributed by atoms with Crippen molar-refractivity contribution in [1.82, 2.24) is 4.31 Å². The molecule has 6 nitrogen and oxygen atoms in total. The first-order chi connectivity index (χ1) is 12.5. The quantitative estimate of drug-likeness (QED) is 0.709. The fourth-order valence-corrected chi connectivity index (χ4v) is 3.94. The van der Waals surface area contributed by atoms with E-state index in [1.165, 1.54) is 28.6 Å². The van der Waals surface area contributed by atoms with E-state index in [0.29, 0.717) is 30.2 Å². The molecule has 0 saturated carbocycles. The Labute approximate surface area is 154 Å². The highest BCUT2D eigenvalue weighted by molar-refractivity contribution is 7.89. The second-order valence-corrected chi connectivity index (χ2v) is 7.42. The van der Waals surface area contributed by atoms with Gasteiger partial charge in [0.1, 0.15) is 0 Å². The third kappa shape index (κ3) is 4.34. The van der Waals surface area contributed by atoms with E-state index in [4.69, 9.17) is 14.7 Å². The monoisotopic (exact) mass is 374 g/mol. The lowest BCUT2D eigenvalue weighted by molar-refractivity contribution is 0.310. The molecule has 0 aromatic heterocycles. The summed E-state index contributed by atoms with van der Waals surface area (Å²) in [7, 11) is -2.11. The van der Waals surface area contributed by atoms with Crippen molar-refractivity contribution >= 4 is 10.0 Å². The Kier molecular flexibility index (Phi) is 6.61. The molecule has 2 rings (SSSR count). The van der Waals surface area contributed by atoms with Gasteiger partial charge in [0.2, 0.25) is 10.0 Å². The lowest BCUT2D eigenvalue weighted by Crippen LogP contribution is -2.30. The van der Waals surface area contributed by atoms with Gasteiger partial charge in [-0.15, -0.1) is 0 Å². The summed E-state index contributed by atoms with van der Waals surface area (Å²) in [5.74, 6) is 1.19. The zero-order chi connectivity index (χ0) is 19.2. The van der Waals surface area contributed by atoms with Gasteiger partial charge < -0.3 is 9.47 Å². The predicted octanol–water partition coefficient (Wildman–Crippen LogP) is 3.18. The molecule has 0 bridgehead atoms. The number of methoxy groups -OCH3 is 1. The van der Waals surface area contributed by atoms with Crippen molar-refractivity contribution in [3.8, 4) is 17.6 Å². The molecule has 2 aromatic carbocycles. The normalized spacial score (nSPS) is 11.2. The van der Waals surface area contributed by atoms with Crippen LogP contribution in [0.3, 0.4) is 0 Å². The van der Waals surface area contributed by atoms with Gasteiger partial charge in [-0.3, -0.25) is 0 Å². The Morgan fingerprint density at radius 1 is 1.08 bits per heavy atom. The van der Waals surface area contributed by atoms with Gasteiger partial charge in [-0.05, 0) is 48.9 Å². The van der Waals surface area contributed by atoms with Gasteiger partial charge in [0.05, 0.1) is 30.2 Å². The maximum Gasteiger partial charge on any atom is 0.243 e. The van der Waals surface area contributed by atoms with E-state index in [2.05, 4.69) is 0 Å². The minimum absolute atomic E-state index is 0.163. The maximum absolute atomic E-state index is 12.9. The Hall–Kier alpha value is -2.56. The molecule has 26 heavy (non-hydrogen) atoms. The van der Waals surface area contributed by atoms with E-state index in [0.717, 1.165) is 5.56 Å². The average molecular weight is 374 g/mol. The molecule has 0 amide bonds. The van der Waals surface area contributed by atoms with Crippen molar-refractivity contribution < 1.29 is 17.9 Å². The van der Waals surface area contributed by atoms with Gasteiger partial charge >= 0.3 is 0 Å². The van der Waals surface area contributed by atoms with Crippen LogP contribution in [0.2, 0.25) is 0 Å². The number of nitrogens with zero attached hydrogens (tertiary/aromatic N) is 2. The van der Waals surface area contributed by atoms with Gasteiger partial charge in [0, 0.05) is 13.1 Å². The SMILES string of the molecule is CCOc1ccc(CN(CC)S(=O)(=O)c2ccc(C#N)cc2)cc1OC. The summed E-state index contributed by atoms with van der Waals surface area (Å²) < 4.78 is 38.0. The van der Waals surface area contributed by atoms with Crippen LogP contribution in [-0.4, -0.2) is 33.0 Å². The minimum atomic E-state index is -3.66. The van der Waals surface area contributed by atoms with Gasteiger partial charge in [0.15, 0.2) is 11.5 Å². The molecular weight excluding hydrogens is 352 g/mol. The highest BCUT2D eigenvalue weighted by atomic mass is 32.2. The fourth-order valence-electron chi connectivity index (χ4n) is 2.51. The Bertz CT molecular complexity index is 887. The summed E-state index contributed by atoms with van der Waals surface area (Å²) in [5.41, 5.74) is 1.22. The Morgan fingerprint density at radius 2 is 1.77 bits per heavy atom. The lowest BCUT2D eigenvalue weighted by Gasteiger charge is -2.21. The Morgan fingerprint density at radius 3 is 2.31 bits per heavy atom. The van der Waals surface area contributed by atoms with E-state index in [9.17, 15) is 8.42 Å². The fraction of sp³-hybridized carbons (Fsp3) is 0.316. The largest absolute Gasteiger partial charge is 0.493 e. The first kappa shape index (κ1) is 19.8. The van der Waals surface area contributed by atoms with Crippen molar-refractivity contribution in [2.45, 2.75) is 25.3 Å². The van der Waals surface area contributed by atoms with E-state index in [1.54, 1.807) is 26.2 Å². The van der Waals surface area contributed by atoms with Crippen molar-refractivity contribution in [3.05, 3.63) is 53.6 Å². The van der Waals surface area contributed by atoms with Crippen molar-refractivity contribution in [2.24, 2.45) is 0 Å². The van der Waals surface area contributed by atoms with E-state index >= 15 is 0 Å². The second kappa shape index (κ2) is 8.70. The molecular formula is C19H22N2O4S. The molecule has 7 heteroatoms. The molecule has 0 unspecified atom stereocenters. The van der Waals surface area contributed by atoms with E-state index in [1.807, 2.05) is 19.1 Å². The van der Waals surface area contributed by atoms with Crippen LogP contribution in [0, 0.1) is 11.3 Å². The van der Waals surface area contributed by atoms with Crippen LogP contribution in [0.1, 0.15) is 25.0 Å². The molecule has 0 aliphatic heterocycles. The summed E-state index contributed by atoms with van der Waals surface area (Å²) in [5, 5.41) is 8.86. The number of hydrogen-bond donors (Lipinski definition) is 0. The zero-order valence-electron chi connectivity index (χ0n) is 15.1. The summed E-state index contributed by atoms with van der Waals surface area (Å²) in [6.07, 6.45) is 0. The smallest absolute Gasteiger partial charge is 0.243 e. The lowest BCUT2D eigenvalue weighted by atomic mass is 10.2. The molecule has 0 heterocycles. The van der Waals surface area contributed by atoms with Crippen LogP contribution >= 0.6 is 0 Å². The molecule has 0 fully saturated rings. The highest BCUT2D eigenvalue weighted by Crippen LogP contribution is 2.29. The topological polar surface area (TPSA) is 79.6 Å². The number of hydrogen-bond acceptors (Lipinski definition) is 5. The number of nitriles is 1. The Balaban J connectivity index is 2.29. The molecule has 0 aliphatic carbocycles. The molecule has 138 valence electrons. The molecule has 0 aliphatic rings. The van der Waals surface area contributed by atoms with Crippen LogP contribution in [0.4, 0.5) is 0 Å². The third-order valence-electron chi connectivity index (χ3n) is 3.86. The molecule has 0 radical (unpaired) electrons. The highest BCUT2D eigenvalue weighted by Gasteiger charge is 2.23. The van der Waals surface area contributed by atoms with Crippen molar-refractivity contribution in [3.63, 3.8) is 0 Å². The van der Waals surface area contributed by atoms with Crippen LogP contribution in [0.5, 0.6) is 11.5 Å². The van der Waals surface area contributed by atoms with Crippen molar-refractivity contribution in [1.29, 1.82) is 5.26 Å². The van der Waals surface area contributed by atoms with Crippen LogP contribution in [0.15, 0.2) is 47.4 Å². The van der Waals surface area contributed by atoms with Crippen LogP contribution < -0.4 is 9.47 Å². The minimum Gasteiger partial charge on any atom is -0.493 e. The van der Waals surface area contributed by atoms with Gasteiger partial charge in [-0.1, -0.05) is 13.0 Å². The number of ether oxygens (including phenoxy) is 2. The molecule has 0 atom stereocenters. The van der Waals surface area contributed by atoms with Crippen LogP contribution in [-0.2, 0) is 16.6 Å². The standard InChI is InChI=1S/C19H22N2O4S/c1-4-21(26(22,23)17-9-6-15(13-20)7-10-17)14-16-8-11-18(25-5-2)19(12-16)24-3/h6-12H,4-5,14H2,1-3H3. The summed E-state index contributed by atoms with van der Waals surface area (Å²) >= 11 is 0. The molecule has 0 saturated heterocycles. The van der Waals surface area contributed by atoms with Gasteiger partial charge in [0.25, 0.3) is 0 Å². The maximum atomic E-state index is 12.9. The summed E-state index contributed by atoms with van der Waals surface area (Å²) in [6.45, 7) is 4.71. The number of benzene rings is 2. The molecule has 0 N–H and O–H groups in total. The van der Waals surface area contributed by atoms with Crippen molar-refractivity contribution in [2.75, 3.05) is 20.3 Å². The summed E-state index contributed by atoms with van der Waals surface area (Å²) in [4.78, 5) is 0.163. The molecule has 0 spiro atoms. The van der Waals surface area contributed by atoms with E-state index in [-0.39, 0.29) is 11.4 Å². The molecule has 2 aromatic rings. The predicted molar refractivity (Wildman–Crippen MR) is 98.6 cm³/mol.